The van der Waals surface area contributed by atoms with Crippen LogP contribution in [0.4, 0.5) is 5.69 Å². The zero-order valence-corrected chi connectivity index (χ0v) is 12.4. The number of carboxylic acids is 1. The first-order valence-corrected chi connectivity index (χ1v) is 8.04. The summed E-state index contributed by atoms with van der Waals surface area (Å²) >= 11 is 0. The first-order valence-electron chi connectivity index (χ1n) is 6.82. The van der Waals surface area contributed by atoms with Gasteiger partial charge >= 0.3 is 5.97 Å². The van der Waals surface area contributed by atoms with Crippen molar-refractivity contribution in [2.45, 2.75) is 22.8 Å². The van der Waals surface area contributed by atoms with Crippen LogP contribution < -0.4 is 5.32 Å². The standard InChI is InChI=1S/C16H15NO4S/c18-15(19)11-7-5-10(6-8-11)9-13-16(20)22(21)14-4-2-1-3-12(14)17-13/h1-8,13,16-17,20H,9H2,(H,18,19). The monoisotopic (exact) mass is 317 g/mol. The second-order valence-corrected chi connectivity index (χ2v) is 6.66. The minimum Gasteiger partial charge on any atom is -0.478 e. The molecule has 3 unspecified atom stereocenters. The van der Waals surface area contributed by atoms with Crippen LogP contribution in [0.3, 0.4) is 0 Å². The zero-order chi connectivity index (χ0) is 15.7. The van der Waals surface area contributed by atoms with Gasteiger partial charge in [0.25, 0.3) is 0 Å². The Hall–Kier alpha value is -2.18. The molecule has 0 saturated carbocycles. The Morgan fingerprint density at radius 1 is 1.14 bits per heavy atom. The van der Waals surface area contributed by atoms with Crippen LogP contribution in [-0.4, -0.2) is 31.9 Å². The number of rotatable bonds is 3. The highest BCUT2D eigenvalue weighted by Crippen LogP contribution is 2.29. The van der Waals surface area contributed by atoms with E-state index in [2.05, 4.69) is 5.32 Å². The zero-order valence-electron chi connectivity index (χ0n) is 11.6. The molecule has 0 spiro atoms. The molecule has 22 heavy (non-hydrogen) atoms. The van der Waals surface area contributed by atoms with Crippen molar-refractivity contribution in [2.75, 3.05) is 5.32 Å². The van der Waals surface area contributed by atoms with Gasteiger partial charge in [-0.2, -0.15) is 0 Å². The summed E-state index contributed by atoms with van der Waals surface area (Å²) in [5.41, 5.74) is 0.847. The van der Waals surface area contributed by atoms with E-state index in [0.717, 1.165) is 11.3 Å². The Balaban J connectivity index is 1.81. The van der Waals surface area contributed by atoms with Gasteiger partial charge in [0, 0.05) is 0 Å². The molecule has 1 aliphatic rings. The minimum absolute atomic E-state index is 0.217. The highest BCUT2D eigenvalue weighted by Gasteiger charge is 2.32. The lowest BCUT2D eigenvalue weighted by Crippen LogP contribution is -2.42. The van der Waals surface area contributed by atoms with Crippen molar-refractivity contribution < 1.29 is 19.2 Å². The van der Waals surface area contributed by atoms with Gasteiger partial charge in [0.05, 0.1) is 33.0 Å². The van der Waals surface area contributed by atoms with Gasteiger partial charge in [-0.05, 0) is 36.2 Å². The van der Waals surface area contributed by atoms with Crippen molar-refractivity contribution in [3.8, 4) is 0 Å². The third kappa shape index (κ3) is 2.75. The molecule has 3 atom stereocenters. The average Bonchev–Trinajstić information content (AvgIpc) is 2.53. The topological polar surface area (TPSA) is 86.6 Å². The van der Waals surface area contributed by atoms with Crippen LogP contribution in [0.2, 0.25) is 0 Å². The Labute approximate surface area is 130 Å². The van der Waals surface area contributed by atoms with Crippen LogP contribution in [0, 0.1) is 0 Å². The Morgan fingerprint density at radius 2 is 1.82 bits per heavy atom. The van der Waals surface area contributed by atoms with Crippen LogP contribution >= 0.6 is 0 Å². The van der Waals surface area contributed by atoms with E-state index in [1.165, 1.54) is 12.1 Å². The SMILES string of the molecule is O=C(O)c1ccc(CC2Nc3ccccc3S(=O)C2O)cc1. The molecule has 0 aromatic heterocycles. The molecule has 114 valence electrons. The van der Waals surface area contributed by atoms with Gasteiger partial charge in [0.1, 0.15) is 0 Å². The lowest BCUT2D eigenvalue weighted by molar-refractivity contribution is 0.0697. The molecule has 2 aromatic rings. The number of hydrogen-bond donors (Lipinski definition) is 3. The van der Waals surface area contributed by atoms with E-state index in [1.54, 1.807) is 24.3 Å². The van der Waals surface area contributed by atoms with Gasteiger partial charge in [0.15, 0.2) is 5.44 Å². The molecule has 0 aliphatic carbocycles. The minimum atomic E-state index is -1.48. The predicted octanol–water partition coefficient (Wildman–Crippen LogP) is 1.85. The van der Waals surface area contributed by atoms with Gasteiger partial charge < -0.3 is 15.5 Å². The molecular weight excluding hydrogens is 302 g/mol. The Morgan fingerprint density at radius 3 is 2.50 bits per heavy atom. The lowest BCUT2D eigenvalue weighted by atomic mass is 10.0. The Bertz CT molecular complexity index is 729. The number of nitrogens with one attached hydrogen (secondary N) is 1. The highest BCUT2D eigenvalue weighted by atomic mass is 32.2. The van der Waals surface area contributed by atoms with Crippen molar-refractivity contribution >= 4 is 22.5 Å². The lowest BCUT2D eigenvalue weighted by Gasteiger charge is -2.31. The number of aliphatic hydroxyl groups excluding tert-OH is 1. The number of para-hydroxylation sites is 1. The van der Waals surface area contributed by atoms with Crippen molar-refractivity contribution in [2.24, 2.45) is 0 Å². The fraction of sp³-hybridized carbons (Fsp3) is 0.188. The van der Waals surface area contributed by atoms with Crippen LogP contribution in [-0.2, 0) is 17.2 Å². The van der Waals surface area contributed by atoms with Gasteiger partial charge in [-0.25, -0.2) is 4.79 Å². The van der Waals surface area contributed by atoms with Crippen molar-refractivity contribution in [3.05, 3.63) is 59.7 Å². The maximum atomic E-state index is 12.3. The van der Waals surface area contributed by atoms with Crippen LogP contribution in [0.25, 0.3) is 0 Å². The summed E-state index contributed by atoms with van der Waals surface area (Å²) < 4.78 is 12.3. The van der Waals surface area contributed by atoms with Crippen LogP contribution in [0.5, 0.6) is 0 Å². The van der Waals surface area contributed by atoms with E-state index in [-0.39, 0.29) is 11.6 Å². The number of carboxylic acid groups (broad SMARTS) is 1. The van der Waals surface area contributed by atoms with E-state index < -0.39 is 22.2 Å². The molecule has 1 aliphatic heterocycles. The van der Waals surface area contributed by atoms with Crippen molar-refractivity contribution in [3.63, 3.8) is 0 Å². The molecule has 5 nitrogen and oxygen atoms in total. The highest BCUT2D eigenvalue weighted by molar-refractivity contribution is 7.85. The molecule has 6 heteroatoms. The van der Waals surface area contributed by atoms with E-state index in [4.69, 9.17) is 5.11 Å². The van der Waals surface area contributed by atoms with Gasteiger partial charge in [-0.1, -0.05) is 24.3 Å². The average molecular weight is 317 g/mol. The summed E-state index contributed by atoms with van der Waals surface area (Å²) in [6, 6.07) is 13.3. The first-order chi connectivity index (χ1) is 10.6. The number of aromatic carboxylic acids is 1. The molecule has 2 aromatic carbocycles. The molecule has 0 radical (unpaired) electrons. The summed E-state index contributed by atoms with van der Waals surface area (Å²) in [5, 5.41) is 22.3. The molecule has 0 amide bonds. The smallest absolute Gasteiger partial charge is 0.335 e. The number of hydrogen-bond acceptors (Lipinski definition) is 4. The molecule has 3 N–H and O–H groups in total. The summed E-state index contributed by atoms with van der Waals surface area (Å²) in [6.45, 7) is 0. The maximum Gasteiger partial charge on any atom is 0.335 e. The third-order valence-corrected chi connectivity index (χ3v) is 5.22. The number of anilines is 1. The summed E-state index contributed by atoms with van der Waals surface area (Å²) in [4.78, 5) is 11.4. The summed E-state index contributed by atoms with van der Waals surface area (Å²) in [7, 11) is -1.48. The third-order valence-electron chi connectivity index (χ3n) is 3.66. The van der Waals surface area contributed by atoms with Gasteiger partial charge in [-0.15, -0.1) is 0 Å². The molecule has 0 bridgehead atoms. The predicted molar refractivity (Wildman–Crippen MR) is 83.4 cm³/mol. The number of carbonyl (C=O) groups is 1. The number of fused-ring (bicyclic) bond motifs is 1. The molecule has 0 fully saturated rings. The quantitative estimate of drug-likeness (QED) is 0.804. The molecule has 0 saturated heterocycles. The first kappa shape index (κ1) is 14.7. The molecule has 3 rings (SSSR count). The number of aliphatic hydroxyl groups is 1. The van der Waals surface area contributed by atoms with Gasteiger partial charge in [-0.3, -0.25) is 4.21 Å². The fourth-order valence-electron chi connectivity index (χ4n) is 2.50. The van der Waals surface area contributed by atoms with Crippen LogP contribution in [0.15, 0.2) is 53.4 Å². The van der Waals surface area contributed by atoms with Gasteiger partial charge in [0.2, 0.25) is 0 Å². The summed E-state index contributed by atoms with van der Waals surface area (Å²) in [5.74, 6) is -0.975. The van der Waals surface area contributed by atoms with Crippen LogP contribution in [0.1, 0.15) is 15.9 Å². The fourth-order valence-corrected chi connectivity index (χ4v) is 3.78. The molecule has 1 heterocycles. The number of benzene rings is 2. The second kappa shape index (κ2) is 5.90. The van der Waals surface area contributed by atoms with Crippen molar-refractivity contribution in [1.29, 1.82) is 0 Å². The largest absolute Gasteiger partial charge is 0.478 e. The van der Waals surface area contributed by atoms with Crippen molar-refractivity contribution in [1.82, 2.24) is 0 Å². The second-order valence-electron chi connectivity index (χ2n) is 5.14. The van der Waals surface area contributed by atoms with E-state index >= 15 is 0 Å². The maximum absolute atomic E-state index is 12.3. The van der Waals surface area contributed by atoms with E-state index in [0.29, 0.717) is 11.3 Å². The Kier molecular flexibility index (Phi) is 3.96. The molecular formula is C16H15NO4S. The van der Waals surface area contributed by atoms with E-state index in [1.807, 2.05) is 12.1 Å². The van der Waals surface area contributed by atoms with E-state index in [9.17, 15) is 14.1 Å². The summed E-state index contributed by atoms with van der Waals surface area (Å²) in [6.07, 6.45) is 0.459. The normalized spacial score (nSPS) is 23.4.